The molecule has 116 valence electrons. The van der Waals surface area contributed by atoms with Gasteiger partial charge in [0.1, 0.15) is 5.60 Å². The Morgan fingerprint density at radius 3 is 2.43 bits per heavy atom. The Bertz CT molecular complexity index is 461. The normalized spacial score (nSPS) is 21.5. The van der Waals surface area contributed by atoms with Gasteiger partial charge < -0.3 is 14.4 Å². The van der Waals surface area contributed by atoms with Crippen molar-refractivity contribution in [2.45, 2.75) is 58.0 Å². The van der Waals surface area contributed by atoms with Crippen molar-refractivity contribution in [2.24, 2.45) is 0 Å². The lowest BCUT2D eigenvalue weighted by Crippen LogP contribution is -2.50. The van der Waals surface area contributed by atoms with E-state index >= 15 is 0 Å². The van der Waals surface area contributed by atoms with Gasteiger partial charge in [0.25, 0.3) is 0 Å². The lowest BCUT2D eigenvalue weighted by atomic mass is 9.88. The molecule has 0 atom stereocenters. The quantitative estimate of drug-likeness (QED) is 0.850. The van der Waals surface area contributed by atoms with E-state index in [9.17, 15) is 4.79 Å². The molecular weight excluding hydrogens is 266 g/mol. The number of hydrogen-bond donors (Lipinski definition) is 0. The van der Waals surface area contributed by atoms with E-state index in [4.69, 9.17) is 9.47 Å². The fourth-order valence-corrected chi connectivity index (χ4v) is 2.26. The Morgan fingerprint density at radius 2 is 1.86 bits per heavy atom. The molecular formula is C17H25NO3. The zero-order chi connectivity index (χ0) is 15.5. The van der Waals surface area contributed by atoms with Crippen molar-refractivity contribution in [3.8, 4) is 0 Å². The van der Waals surface area contributed by atoms with E-state index in [1.165, 1.54) is 5.56 Å². The molecule has 1 fully saturated rings. The first kappa shape index (κ1) is 15.8. The van der Waals surface area contributed by atoms with Crippen LogP contribution in [0, 0.1) is 0 Å². The van der Waals surface area contributed by atoms with Crippen molar-refractivity contribution >= 4 is 6.09 Å². The highest BCUT2D eigenvalue weighted by Crippen LogP contribution is 2.29. The molecule has 1 saturated carbocycles. The Morgan fingerprint density at radius 1 is 1.24 bits per heavy atom. The van der Waals surface area contributed by atoms with Crippen LogP contribution in [0.25, 0.3) is 0 Å². The molecule has 0 unspecified atom stereocenters. The lowest BCUT2D eigenvalue weighted by molar-refractivity contribution is -0.0579. The van der Waals surface area contributed by atoms with E-state index in [0.29, 0.717) is 6.61 Å². The van der Waals surface area contributed by atoms with Gasteiger partial charge in [-0.15, -0.1) is 0 Å². The number of rotatable bonds is 4. The molecule has 0 saturated heterocycles. The highest BCUT2D eigenvalue weighted by molar-refractivity contribution is 5.68. The van der Waals surface area contributed by atoms with Crippen LogP contribution in [0.5, 0.6) is 0 Å². The number of benzene rings is 1. The number of nitrogens with zero attached hydrogens (tertiary/aromatic N) is 1. The molecule has 4 nitrogen and oxygen atoms in total. The molecule has 1 aliphatic rings. The summed E-state index contributed by atoms with van der Waals surface area (Å²) in [6, 6.07) is 10.4. The predicted octanol–water partition coefficient (Wildman–Crippen LogP) is 3.60. The summed E-state index contributed by atoms with van der Waals surface area (Å²) in [6.07, 6.45) is 1.74. The molecule has 0 heterocycles. The van der Waals surface area contributed by atoms with Gasteiger partial charge in [-0.05, 0) is 39.2 Å². The molecule has 1 amide bonds. The largest absolute Gasteiger partial charge is 0.444 e. The molecule has 1 aromatic carbocycles. The molecule has 0 bridgehead atoms. The fourth-order valence-electron chi connectivity index (χ4n) is 2.26. The second-order valence-electron chi connectivity index (χ2n) is 6.64. The van der Waals surface area contributed by atoms with Crippen LogP contribution in [0.3, 0.4) is 0 Å². The van der Waals surface area contributed by atoms with Crippen LogP contribution in [0.2, 0.25) is 0 Å². The van der Waals surface area contributed by atoms with Gasteiger partial charge in [-0.25, -0.2) is 4.79 Å². The highest BCUT2D eigenvalue weighted by Gasteiger charge is 2.36. The third-order valence-electron chi connectivity index (χ3n) is 3.63. The summed E-state index contributed by atoms with van der Waals surface area (Å²) < 4.78 is 11.2. The molecule has 21 heavy (non-hydrogen) atoms. The number of ether oxygens (including phenoxy) is 2. The van der Waals surface area contributed by atoms with E-state index in [1.807, 2.05) is 39.0 Å². The summed E-state index contributed by atoms with van der Waals surface area (Å²) in [7, 11) is 1.80. The zero-order valence-electron chi connectivity index (χ0n) is 13.3. The van der Waals surface area contributed by atoms with Gasteiger partial charge >= 0.3 is 6.09 Å². The molecule has 0 spiro atoms. The molecule has 0 radical (unpaired) electrons. The second kappa shape index (κ2) is 6.48. The van der Waals surface area contributed by atoms with E-state index in [0.717, 1.165) is 12.8 Å². The summed E-state index contributed by atoms with van der Waals surface area (Å²) in [5.74, 6) is 0. The number of hydrogen-bond acceptors (Lipinski definition) is 3. The predicted molar refractivity (Wildman–Crippen MR) is 82.0 cm³/mol. The van der Waals surface area contributed by atoms with Crippen molar-refractivity contribution < 1.29 is 14.3 Å². The van der Waals surface area contributed by atoms with Crippen molar-refractivity contribution in [1.82, 2.24) is 4.90 Å². The Balaban J connectivity index is 1.70. The van der Waals surface area contributed by atoms with Crippen LogP contribution in [-0.2, 0) is 16.1 Å². The Hall–Kier alpha value is -1.55. The Labute approximate surface area is 127 Å². The van der Waals surface area contributed by atoms with Crippen LogP contribution in [0.1, 0.15) is 39.2 Å². The molecule has 2 rings (SSSR count). The van der Waals surface area contributed by atoms with Crippen molar-refractivity contribution in [3.05, 3.63) is 35.9 Å². The van der Waals surface area contributed by atoms with Crippen LogP contribution >= 0.6 is 0 Å². The standard InChI is InChI=1S/C17H25NO3/c1-17(2,3)21-16(19)18(4)14-10-15(11-14)20-12-13-8-6-5-7-9-13/h5-9,14-15H,10-12H2,1-4H3/t14-,15+. The number of carbonyl (C=O) groups is 1. The van der Waals surface area contributed by atoms with E-state index in [2.05, 4.69) is 12.1 Å². The third-order valence-corrected chi connectivity index (χ3v) is 3.63. The number of amides is 1. The zero-order valence-corrected chi connectivity index (χ0v) is 13.3. The molecule has 0 aromatic heterocycles. The van der Waals surface area contributed by atoms with Gasteiger partial charge in [-0.1, -0.05) is 30.3 Å². The van der Waals surface area contributed by atoms with Crippen molar-refractivity contribution in [2.75, 3.05) is 7.05 Å². The van der Waals surface area contributed by atoms with Gasteiger partial charge in [0, 0.05) is 13.1 Å². The van der Waals surface area contributed by atoms with Crippen molar-refractivity contribution in [1.29, 1.82) is 0 Å². The van der Waals surface area contributed by atoms with Crippen LogP contribution < -0.4 is 0 Å². The average molecular weight is 291 g/mol. The van der Waals surface area contributed by atoms with Crippen LogP contribution in [-0.4, -0.2) is 35.8 Å². The molecule has 1 aromatic rings. The van der Waals surface area contributed by atoms with E-state index < -0.39 is 5.60 Å². The van der Waals surface area contributed by atoms with Gasteiger partial charge in [-0.3, -0.25) is 0 Å². The topological polar surface area (TPSA) is 38.8 Å². The maximum atomic E-state index is 11.9. The smallest absolute Gasteiger partial charge is 0.410 e. The summed E-state index contributed by atoms with van der Waals surface area (Å²) in [4.78, 5) is 13.6. The molecule has 1 aliphatic carbocycles. The second-order valence-corrected chi connectivity index (χ2v) is 6.64. The van der Waals surface area contributed by atoms with Gasteiger partial charge in [-0.2, -0.15) is 0 Å². The highest BCUT2D eigenvalue weighted by atomic mass is 16.6. The molecule has 0 N–H and O–H groups in total. The van der Waals surface area contributed by atoms with Gasteiger partial charge in [0.05, 0.1) is 12.7 Å². The first-order valence-corrected chi connectivity index (χ1v) is 7.46. The minimum absolute atomic E-state index is 0.223. The maximum Gasteiger partial charge on any atom is 0.410 e. The fraction of sp³-hybridized carbons (Fsp3) is 0.588. The first-order chi connectivity index (χ1) is 9.85. The molecule has 0 aliphatic heterocycles. The summed E-state index contributed by atoms with van der Waals surface area (Å²) in [5.41, 5.74) is 0.736. The lowest BCUT2D eigenvalue weighted by Gasteiger charge is -2.41. The average Bonchev–Trinajstić information content (AvgIpc) is 2.35. The summed E-state index contributed by atoms with van der Waals surface area (Å²) >= 11 is 0. The SMILES string of the molecule is CN(C(=O)OC(C)(C)C)[C@H]1C[C@@H](OCc2ccccc2)C1. The third kappa shape index (κ3) is 4.74. The van der Waals surface area contributed by atoms with Crippen LogP contribution in [0.4, 0.5) is 4.79 Å². The number of carbonyl (C=O) groups excluding carboxylic acids is 1. The van der Waals surface area contributed by atoms with E-state index in [1.54, 1.807) is 11.9 Å². The minimum atomic E-state index is -0.446. The summed E-state index contributed by atoms with van der Waals surface area (Å²) in [6.45, 7) is 6.27. The van der Waals surface area contributed by atoms with E-state index in [-0.39, 0.29) is 18.2 Å². The molecule has 4 heteroatoms. The minimum Gasteiger partial charge on any atom is -0.444 e. The Kier molecular flexibility index (Phi) is 4.88. The maximum absolute atomic E-state index is 11.9. The van der Waals surface area contributed by atoms with Crippen molar-refractivity contribution in [3.63, 3.8) is 0 Å². The first-order valence-electron chi connectivity index (χ1n) is 7.46. The monoisotopic (exact) mass is 291 g/mol. The summed E-state index contributed by atoms with van der Waals surface area (Å²) in [5, 5.41) is 0. The van der Waals surface area contributed by atoms with Gasteiger partial charge in [0.2, 0.25) is 0 Å². The van der Waals surface area contributed by atoms with Gasteiger partial charge in [0.15, 0.2) is 0 Å². The van der Waals surface area contributed by atoms with Crippen LogP contribution in [0.15, 0.2) is 30.3 Å².